The van der Waals surface area contributed by atoms with E-state index in [9.17, 15) is 4.79 Å². The number of aryl methyl sites for hydroxylation is 1. The lowest BCUT2D eigenvalue weighted by Gasteiger charge is -2.24. The number of aromatic nitrogens is 3. The summed E-state index contributed by atoms with van der Waals surface area (Å²) in [7, 11) is 4.14. The van der Waals surface area contributed by atoms with Gasteiger partial charge in [-0.05, 0) is 38.6 Å². The van der Waals surface area contributed by atoms with E-state index < -0.39 is 0 Å². The molecule has 0 aliphatic carbocycles. The van der Waals surface area contributed by atoms with Gasteiger partial charge in [-0.25, -0.2) is 4.68 Å². The van der Waals surface area contributed by atoms with Gasteiger partial charge in [-0.15, -0.1) is 5.10 Å². The first-order valence-corrected chi connectivity index (χ1v) is 9.10. The highest BCUT2D eigenvalue weighted by atomic mass is 16.2. The zero-order valence-electron chi connectivity index (χ0n) is 15.8. The summed E-state index contributed by atoms with van der Waals surface area (Å²) in [5.74, 6) is 0.0790. The van der Waals surface area contributed by atoms with Crippen molar-refractivity contribution in [1.29, 1.82) is 0 Å². The maximum Gasteiger partial charge on any atom is 0.234 e. The van der Waals surface area contributed by atoms with E-state index in [-0.39, 0.29) is 11.9 Å². The van der Waals surface area contributed by atoms with Crippen LogP contribution in [0, 0.1) is 6.92 Å². The molecule has 1 aromatic carbocycles. The topological polar surface area (TPSA) is 66.3 Å². The van der Waals surface area contributed by atoms with E-state index >= 15 is 0 Å². The molecule has 0 spiro atoms. The summed E-state index contributed by atoms with van der Waals surface area (Å²) in [5.41, 5.74) is 2.55. The zero-order valence-corrected chi connectivity index (χ0v) is 15.8. The van der Waals surface area contributed by atoms with Crippen molar-refractivity contribution in [2.24, 2.45) is 0 Å². The Morgan fingerprint density at radius 1 is 1.31 bits per heavy atom. The lowest BCUT2D eigenvalue weighted by molar-refractivity contribution is -0.122. The smallest absolute Gasteiger partial charge is 0.234 e. The van der Waals surface area contributed by atoms with Crippen LogP contribution in [0.1, 0.15) is 17.2 Å². The second-order valence-corrected chi connectivity index (χ2v) is 7.20. The number of likely N-dealkylation sites (tertiary alicyclic amines) is 1. The molecule has 1 amide bonds. The third-order valence-electron chi connectivity index (χ3n) is 5.12. The lowest BCUT2D eigenvalue weighted by Crippen LogP contribution is -2.39. The summed E-state index contributed by atoms with van der Waals surface area (Å²) in [4.78, 5) is 16.7. The Bertz CT molecular complexity index is 715. The minimum absolute atomic E-state index is 0.0790. The van der Waals surface area contributed by atoms with Gasteiger partial charge in [0.05, 0.1) is 18.8 Å². The molecule has 1 aliphatic rings. The van der Waals surface area contributed by atoms with Gasteiger partial charge in [0.2, 0.25) is 5.91 Å². The van der Waals surface area contributed by atoms with Crippen molar-refractivity contribution in [3.63, 3.8) is 0 Å². The second-order valence-electron chi connectivity index (χ2n) is 7.20. The summed E-state index contributed by atoms with van der Waals surface area (Å²) in [5, 5.41) is 11.1. The third-order valence-corrected chi connectivity index (χ3v) is 5.12. The number of amides is 1. The first-order chi connectivity index (χ1) is 12.5. The number of nitrogens with zero attached hydrogens (tertiary/aromatic N) is 5. The number of nitrogens with one attached hydrogen (secondary N) is 1. The molecule has 26 heavy (non-hydrogen) atoms. The van der Waals surface area contributed by atoms with Crippen molar-refractivity contribution in [3.8, 4) is 0 Å². The van der Waals surface area contributed by atoms with Crippen LogP contribution in [0.15, 0.2) is 36.7 Å². The standard InChI is InChI=1S/C19H28N6O/c1-15-6-4-5-7-16(15)8-9-20-19(26)14-24-12-17(23(2)3)18(13-24)25-11-10-21-22-25/h4-7,10-11,17-18H,8-9,12-14H2,1-3H3,(H,20,26)/t17-,18+/m1/s1. The fraction of sp³-hybridized carbons (Fsp3) is 0.526. The van der Waals surface area contributed by atoms with Crippen LogP contribution in [0.5, 0.6) is 0 Å². The van der Waals surface area contributed by atoms with E-state index in [1.54, 1.807) is 6.20 Å². The minimum atomic E-state index is 0.0790. The van der Waals surface area contributed by atoms with Crippen LogP contribution in [0.3, 0.4) is 0 Å². The third kappa shape index (κ3) is 4.47. The lowest BCUT2D eigenvalue weighted by atomic mass is 10.1. The summed E-state index contributed by atoms with van der Waals surface area (Å²) in [6, 6.07) is 8.83. The summed E-state index contributed by atoms with van der Waals surface area (Å²) >= 11 is 0. The predicted molar refractivity (Wildman–Crippen MR) is 101 cm³/mol. The normalized spacial score (nSPS) is 20.6. The molecule has 7 nitrogen and oxygen atoms in total. The highest BCUT2D eigenvalue weighted by Gasteiger charge is 2.36. The monoisotopic (exact) mass is 356 g/mol. The van der Waals surface area contributed by atoms with Crippen LogP contribution in [0.2, 0.25) is 0 Å². The fourth-order valence-corrected chi connectivity index (χ4v) is 3.62. The van der Waals surface area contributed by atoms with Gasteiger partial charge in [0.15, 0.2) is 0 Å². The van der Waals surface area contributed by atoms with Crippen molar-refractivity contribution in [2.75, 3.05) is 40.3 Å². The Kier molecular flexibility index (Phi) is 6.00. The number of hydrogen-bond acceptors (Lipinski definition) is 5. The van der Waals surface area contributed by atoms with Crippen LogP contribution in [0.25, 0.3) is 0 Å². The molecule has 1 aliphatic heterocycles. The first-order valence-electron chi connectivity index (χ1n) is 9.10. The Morgan fingerprint density at radius 3 is 2.81 bits per heavy atom. The van der Waals surface area contributed by atoms with Crippen molar-refractivity contribution < 1.29 is 4.79 Å². The quantitative estimate of drug-likeness (QED) is 0.792. The van der Waals surface area contributed by atoms with E-state index in [0.717, 1.165) is 19.5 Å². The number of benzene rings is 1. The van der Waals surface area contributed by atoms with E-state index in [2.05, 4.69) is 58.6 Å². The number of carbonyl (C=O) groups is 1. The zero-order chi connectivity index (χ0) is 18.5. The van der Waals surface area contributed by atoms with Gasteiger partial charge < -0.3 is 10.2 Å². The maximum atomic E-state index is 12.3. The van der Waals surface area contributed by atoms with Gasteiger partial charge >= 0.3 is 0 Å². The van der Waals surface area contributed by atoms with E-state index in [1.165, 1.54) is 11.1 Å². The molecular formula is C19H28N6O. The number of rotatable bonds is 7. The van der Waals surface area contributed by atoms with Crippen LogP contribution in [-0.4, -0.2) is 77.0 Å². The van der Waals surface area contributed by atoms with E-state index in [4.69, 9.17) is 0 Å². The molecule has 1 saturated heterocycles. The largest absolute Gasteiger partial charge is 0.355 e. The Hall–Kier alpha value is -2.25. The van der Waals surface area contributed by atoms with Gasteiger partial charge in [0, 0.05) is 31.9 Å². The van der Waals surface area contributed by atoms with Gasteiger partial charge in [0.25, 0.3) is 0 Å². The fourth-order valence-electron chi connectivity index (χ4n) is 3.62. The Balaban J connectivity index is 1.49. The molecule has 0 saturated carbocycles. The number of carbonyl (C=O) groups excluding carboxylic acids is 1. The van der Waals surface area contributed by atoms with Crippen LogP contribution < -0.4 is 5.32 Å². The van der Waals surface area contributed by atoms with Crippen molar-refractivity contribution in [2.45, 2.75) is 25.4 Å². The molecule has 7 heteroatoms. The Labute approximate surface area is 155 Å². The van der Waals surface area contributed by atoms with Gasteiger partial charge in [-0.3, -0.25) is 9.69 Å². The van der Waals surface area contributed by atoms with E-state index in [0.29, 0.717) is 19.1 Å². The van der Waals surface area contributed by atoms with Crippen LogP contribution in [0.4, 0.5) is 0 Å². The molecule has 0 radical (unpaired) electrons. The molecule has 140 valence electrons. The average molecular weight is 356 g/mol. The summed E-state index contributed by atoms with van der Waals surface area (Å²) < 4.78 is 1.90. The summed E-state index contributed by atoms with van der Waals surface area (Å²) in [6.45, 7) is 4.84. The van der Waals surface area contributed by atoms with Crippen LogP contribution >= 0.6 is 0 Å². The van der Waals surface area contributed by atoms with Gasteiger partial charge in [0.1, 0.15) is 0 Å². The Morgan fingerprint density at radius 2 is 2.12 bits per heavy atom. The highest BCUT2D eigenvalue weighted by Crippen LogP contribution is 2.24. The second kappa shape index (κ2) is 8.42. The molecule has 0 bridgehead atoms. The molecule has 2 heterocycles. The highest BCUT2D eigenvalue weighted by molar-refractivity contribution is 5.78. The molecule has 1 aromatic heterocycles. The maximum absolute atomic E-state index is 12.3. The SMILES string of the molecule is Cc1ccccc1CCNC(=O)CN1C[C@@H](N(C)C)[C@@H](n2ccnn2)C1. The average Bonchev–Trinajstić information content (AvgIpc) is 3.25. The molecule has 2 atom stereocenters. The van der Waals surface area contributed by atoms with Crippen molar-refractivity contribution in [1.82, 2.24) is 30.1 Å². The minimum Gasteiger partial charge on any atom is -0.355 e. The number of likely N-dealkylation sites (N-methyl/N-ethyl adjacent to an activating group) is 1. The van der Waals surface area contributed by atoms with Crippen molar-refractivity contribution >= 4 is 5.91 Å². The molecule has 1 N–H and O–H groups in total. The van der Waals surface area contributed by atoms with Crippen LogP contribution in [-0.2, 0) is 11.2 Å². The first kappa shape index (κ1) is 18.5. The number of hydrogen-bond donors (Lipinski definition) is 1. The molecule has 0 unspecified atom stereocenters. The van der Waals surface area contributed by atoms with E-state index in [1.807, 2.05) is 23.0 Å². The molecule has 2 aromatic rings. The molecular weight excluding hydrogens is 328 g/mol. The molecule has 3 rings (SSSR count). The van der Waals surface area contributed by atoms with Gasteiger partial charge in [-0.2, -0.15) is 0 Å². The molecule has 1 fully saturated rings. The summed E-state index contributed by atoms with van der Waals surface area (Å²) in [6.07, 6.45) is 4.46. The van der Waals surface area contributed by atoms with Crippen molar-refractivity contribution in [3.05, 3.63) is 47.8 Å². The van der Waals surface area contributed by atoms with Gasteiger partial charge in [-0.1, -0.05) is 29.5 Å². The predicted octanol–water partition coefficient (Wildman–Crippen LogP) is 0.732.